The highest BCUT2D eigenvalue weighted by molar-refractivity contribution is 6.06. The summed E-state index contributed by atoms with van der Waals surface area (Å²) in [7, 11) is 0. The number of nitrogens with zero attached hydrogens (tertiary/aromatic N) is 2. The number of carbonyl (C=O) groups excluding carboxylic acids is 1. The summed E-state index contributed by atoms with van der Waals surface area (Å²) in [5.74, 6) is 5.61. The van der Waals surface area contributed by atoms with Gasteiger partial charge in [0.2, 0.25) is 0 Å². The number of fused-ring (bicyclic) bond motifs is 1. The molecule has 0 bridgehead atoms. The number of hydrogen-bond acceptors (Lipinski definition) is 1. The maximum Gasteiger partial charge on any atom is 0.274 e. The second kappa shape index (κ2) is 6.29. The van der Waals surface area contributed by atoms with Gasteiger partial charge in [-0.05, 0) is 36.4 Å². The highest BCUT2D eigenvalue weighted by atomic mass is 19.1. The Morgan fingerprint density at radius 3 is 2.48 bits per heavy atom. The first-order valence-corrected chi connectivity index (χ1v) is 8.05. The largest absolute Gasteiger partial charge is 0.340 e. The Kier molecular flexibility index (Phi) is 3.83. The van der Waals surface area contributed by atoms with Crippen molar-refractivity contribution in [3.8, 4) is 11.8 Å². The van der Waals surface area contributed by atoms with Crippen LogP contribution in [0, 0.1) is 17.7 Å². The molecule has 0 fully saturated rings. The molecule has 1 aliphatic rings. The minimum atomic E-state index is -0.309. The predicted octanol–water partition coefficient (Wildman–Crippen LogP) is 3.69. The fourth-order valence-corrected chi connectivity index (χ4v) is 2.96. The SMILES string of the molecule is O=C1c2cc(C#Cc3cccc(F)c3)cn2CCN1c1ccccc1. The maximum absolute atomic E-state index is 13.2. The van der Waals surface area contributed by atoms with Crippen LogP contribution >= 0.6 is 0 Å². The smallest absolute Gasteiger partial charge is 0.274 e. The van der Waals surface area contributed by atoms with E-state index in [9.17, 15) is 9.18 Å². The summed E-state index contributed by atoms with van der Waals surface area (Å²) in [6.45, 7) is 1.35. The first-order chi connectivity index (χ1) is 12.2. The number of para-hydroxylation sites is 1. The molecule has 0 saturated carbocycles. The van der Waals surface area contributed by atoms with Crippen molar-refractivity contribution in [3.63, 3.8) is 0 Å². The Labute approximate surface area is 145 Å². The van der Waals surface area contributed by atoms with Crippen LogP contribution in [0.4, 0.5) is 10.1 Å². The van der Waals surface area contributed by atoms with Crippen molar-refractivity contribution in [2.24, 2.45) is 0 Å². The van der Waals surface area contributed by atoms with Gasteiger partial charge in [-0.15, -0.1) is 0 Å². The van der Waals surface area contributed by atoms with E-state index >= 15 is 0 Å². The molecule has 1 aliphatic heterocycles. The lowest BCUT2D eigenvalue weighted by molar-refractivity contribution is 0.0965. The molecule has 4 heteroatoms. The van der Waals surface area contributed by atoms with Crippen molar-refractivity contribution in [1.29, 1.82) is 0 Å². The molecule has 3 aromatic rings. The number of carbonyl (C=O) groups is 1. The van der Waals surface area contributed by atoms with Crippen LogP contribution in [0.2, 0.25) is 0 Å². The Bertz CT molecular complexity index is 995. The summed E-state index contributed by atoms with van der Waals surface area (Å²) in [6, 6.07) is 17.6. The zero-order chi connectivity index (χ0) is 17.2. The number of rotatable bonds is 1. The third-order valence-electron chi connectivity index (χ3n) is 4.17. The van der Waals surface area contributed by atoms with Crippen LogP contribution in [0.3, 0.4) is 0 Å². The van der Waals surface area contributed by atoms with Gasteiger partial charge in [0.25, 0.3) is 5.91 Å². The molecular weight excluding hydrogens is 315 g/mol. The van der Waals surface area contributed by atoms with Gasteiger partial charge in [0.15, 0.2) is 0 Å². The van der Waals surface area contributed by atoms with Crippen molar-refractivity contribution in [3.05, 3.63) is 89.5 Å². The van der Waals surface area contributed by atoms with Gasteiger partial charge in [0, 0.05) is 36.1 Å². The Morgan fingerprint density at radius 2 is 1.68 bits per heavy atom. The molecule has 0 N–H and O–H groups in total. The third-order valence-corrected chi connectivity index (χ3v) is 4.17. The summed E-state index contributed by atoms with van der Waals surface area (Å²) >= 11 is 0. The summed E-state index contributed by atoms with van der Waals surface area (Å²) in [5, 5.41) is 0. The molecule has 0 unspecified atom stereocenters. The molecule has 122 valence electrons. The fourth-order valence-electron chi connectivity index (χ4n) is 2.96. The van der Waals surface area contributed by atoms with Gasteiger partial charge in [-0.25, -0.2) is 4.39 Å². The molecule has 0 saturated heterocycles. The van der Waals surface area contributed by atoms with E-state index in [0.717, 1.165) is 17.8 Å². The van der Waals surface area contributed by atoms with E-state index in [1.165, 1.54) is 12.1 Å². The summed E-state index contributed by atoms with van der Waals surface area (Å²) in [5.41, 5.74) is 2.88. The number of halogens is 1. The van der Waals surface area contributed by atoms with E-state index in [-0.39, 0.29) is 11.7 Å². The minimum Gasteiger partial charge on any atom is -0.340 e. The van der Waals surface area contributed by atoms with Crippen molar-refractivity contribution in [1.82, 2.24) is 4.57 Å². The number of benzene rings is 2. The van der Waals surface area contributed by atoms with Gasteiger partial charge in [0.05, 0.1) is 0 Å². The van der Waals surface area contributed by atoms with Crippen LogP contribution < -0.4 is 4.90 Å². The summed E-state index contributed by atoms with van der Waals surface area (Å²) < 4.78 is 15.1. The van der Waals surface area contributed by atoms with Crippen molar-refractivity contribution >= 4 is 11.6 Å². The normalized spacial score (nSPS) is 13.2. The zero-order valence-corrected chi connectivity index (χ0v) is 13.4. The van der Waals surface area contributed by atoms with Crippen LogP contribution in [0.5, 0.6) is 0 Å². The predicted molar refractivity (Wildman–Crippen MR) is 94.9 cm³/mol. The van der Waals surface area contributed by atoms with E-state index in [1.54, 1.807) is 23.1 Å². The van der Waals surface area contributed by atoms with Gasteiger partial charge in [-0.1, -0.05) is 36.1 Å². The van der Waals surface area contributed by atoms with Gasteiger partial charge < -0.3 is 9.47 Å². The third kappa shape index (κ3) is 3.05. The second-order valence-corrected chi connectivity index (χ2v) is 5.86. The van der Waals surface area contributed by atoms with Gasteiger partial charge in [0.1, 0.15) is 11.5 Å². The first kappa shape index (κ1) is 15.2. The first-order valence-electron chi connectivity index (χ1n) is 8.05. The van der Waals surface area contributed by atoms with E-state index in [1.807, 2.05) is 41.1 Å². The van der Waals surface area contributed by atoms with Crippen molar-refractivity contribution in [2.75, 3.05) is 11.4 Å². The fraction of sp³-hybridized carbons (Fsp3) is 0.0952. The number of amides is 1. The standard InChI is InChI=1S/C21H15FN2O/c22-18-6-4-5-16(13-18)9-10-17-14-20-21(25)24(12-11-23(20)15-17)19-7-2-1-3-8-19/h1-8,13-15H,11-12H2. The molecule has 4 rings (SSSR count). The lowest BCUT2D eigenvalue weighted by Crippen LogP contribution is -2.39. The van der Waals surface area contributed by atoms with Crippen molar-refractivity contribution in [2.45, 2.75) is 6.54 Å². The van der Waals surface area contributed by atoms with Crippen LogP contribution in [0.25, 0.3) is 0 Å². The van der Waals surface area contributed by atoms with Gasteiger partial charge in [-0.3, -0.25) is 4.79 Å². The molecule has 2 heterocycles. The molecule has 0 spiro atoms. The second-order valence-electron chi connectivity index (χ2n) is 5.86. The topological polar surface area (TPSA) is 25.2 Å². The zero-order valence-electron chi connectivity index (χ0n) is 13.4. The minimum absolute atomic E-state index is 0.0312. The molecule has 0 radical (unpaired) electrons. The van der Waals surface area contributed by atoms with Crippen LogP contribution in [0.15, 0.2) is 66.9 Å². The van der Waals surface area contributed by atoms with Crippen molar-refractivity contribution < 1.29 is 9.18 Å². The molecule has 25 heavy (non-hydrogen) atoms. The average Bonchev–Trinajstić information content (AvgIpc) is 3.05. The monoisotopic (exact) mass is 330 g/mol. The molecule has 1 amide bonds. The highest BCUT2D eigenvalue weighted by Gasteiger charge is 2.25. The lowest BCUT2D eigenvalue weighted by Gasteiger charge is -2.28. The van der Waals surface area contributed by atoms with E-state index in [4.69, 9.17) is 0 Å². The average molecular weight is 330 g/mol. The molecule has 0 aliphatic carbocycles. The Balaban J connectivity index is 1.62. The number of aromatic nitrogens is 1. The highest BCUT2D eigenvalue weighted by Crippen LogP contribution is 2.22. The van der Waals surface area contributed by atoms with Crippen LogP contribution in [-0.2, 0) is 6.54 Å². The van der Waals surface area contributed by atoms with E-state index < -0.39 is 0 Å². The molecule has 3 nitrogen and oxygen atoms in total. The molecule has 2 aromatic carbocycles. The van der Waals surface area contributed by atoms with Gasteiger partial charge in [-0.2, -0.15) is 0 Å². The summed E-state index contributed by atoms with van der Waals surface area (Å²) in [4.78, 5) is 14.5. The quantitative estimate of drug-likeness (QED) is 0.625. The molecular formula is C21H15FN2O. The maximum atomic E-state index is 13.2. The van der Waals surface area contributed by atoms with Crippen LogP contribution in [0.1, 0.15) is 21.6 Å². The molecule has 1 aromatic heterocycles. The Morgan fingerprint density at radius 1 is 0.880 bits per heavy atom. The van der Waals surface area contributed by atoms with E-state index in [2.05, 4.69) is 11.8 Å². The summed E-state index contributed by atoms with van der Waals surface area (Å²) in [6.07, 6.45) is 1.88. The van der Waals surface area contributed by atoms with Gasteiger partial charge >= 0.3 is 0 Å². The Hall–Kier alpha value is -3.32. The van der Waals surface area contributed by atoms with E-state index in [0.29, 0.717) is 17.8 Å². The lowest BCUT2D eigenvalue weighted by atomic mass is 10.2. The molecule has 0 atom stereocenters. The number of anilines is 1. The van der Waals surface area contributed by atoms with Crippen LogP contribution in [-0.4, -0.2) is 17.0 Å². The number of hydrogen-bond donors (Lipinski definition) is 0.